The Morgan fingerprint density at radius 1 is 1.29 bits per heavy atom. The molecule has 0 aromatic carbocycles. The van der Waals surface area contributed by atoms with E-state index in [9.17, 15) is 4.79 Å². The summed E-state index contributed by atoms with van der Waals surface area (Å²) in [5.41, 5.74) is 1.46. The summed E-state index contributed by atoms with van der Waals surface area (Å²) in [6.45, 7) is 4.06. The Balaban J connectivity index is 1.88. The predicted molar refractivity (Wildman–Crippen MR) is 94.7 cm³/mol. The second-order valence-electron chi connectivity index (χ2n) is 5.33. The molecule has 0 aliphatic heterocycles. The Bertz CT molecular complexity index is 910. The maximum Gasteiger partial charge on any atom is 0.276 e. The van der Waals surface area contributed by atoms with Crippen molar-refractivity contribution in [1.82, 2.24) is 24.7 Å². The number of nitrogens with one attached hydrogen (secondary N) is 1. The van der Waals surface area contributed by atoms with Gasteiger partial charge in [0.2, 0.25) is 0 Å². The molecule has 3 aromatic heterocycles. The molecular formula is C15H15ClN6OS. The van der Waals surface area contributed by atoms with Crippen molar-refractivity contribution in [1.29, 1.82) is 0 Å². The Morgan fingerprint density at radius 3 is 2.79 bits per heavy atom. The Kier molecular flexibility index (Phi) is 4.68. The van der Waals surface area contributed by atoms with E-state index in [4.69, 9.17) is 11.6 Å². The molecule has 3 heterocycles. The molecule has 3 rings (SSSR count). The molecule has 1 amide bonds. The number of rotatable bonds is 4. The number of hydrogen-bond donors (Lipinski definition) is 1. The van der Waals surface area contributed by atoms with Crippen molar-refractivity contribution in [3.05, 3.63) is 35.4 Å². The van der Waals surface area contributed by atoms with Crippen molar-refractivity contribution in [2.45, 2.75) is 25.0 Å². The summed E-state index contributed by atoms with van der Waals surface area (Å²) in [6, 6.07) is 2.02. The molecule has 0 bridgehead atoms. The number of thioether (sulfide) groups is 1. The van der Waals surface area contributed by atoms with Gasteiger partial charge in [-0.1, -0.05) is 23.4 Å². The number of carbonyl (C=O) groups is 1. The summed E-state index contributed by atoms with van der Waals surface area (Å²) in [5, 5.41) is 8.60. The van der Waals surface area contributed by atoms with Crippen LogP contribution in [-0.2, 0) is 0 Å². The van der Waals surface area contributed by atoms with Crippen LogP contribution in [0.4, 0.5) is 5.69 Å². The lowest BCUT2D eigenvalue weighted by molar-refractivity contribution is 0.102. The first-order chi connectivity index (χ1) is 11.5. The van der Waals surface area contributed by atoms with Crippen LogP contribution in [0.1, 0.15) is 30.4 Å². The van der Waals surface area contributed by atoms with E-state index >= 15 is 0 Å². The zero-order chi connectivity index (χ0) is 17.3. The summed E-state index contributed by atoms with van der Waals surface area (Å²) in [5.74, 6) is -0.407. The number of halogens is 1. The lowest BCUT2D eigenvalue weighted by atomic mass is 10.3. The molecule has 9 heteroatoms. The van der Waals surface area contributed by atoms with Crippen LogP contribution in [0.5, 0.6) is 0 Å². The Labute approximate surface area is 147 Å². The van der Waals surface area contributed by atoms with E-state index in [0.717, 1.165) is 11.0 Å². The van der Waals surface area contributed by atoms with Crippen LogP contribution in [-0.4, -0.2) is 36.9 Å². The van der Waals surface area contributed by atoms with Crippen LogP contribution in [0.25, 0.3) is 11.0 Å². The van der Waals surface area contributed by atoms with E-state index in [2.05, 4.69) is 25.4 Å². The molecule has 0 fully saturated rings. The van der Waals surface area contributed by atoms with Crippen LogP contribution in [0.15, 0.2) is 29.8 Å². The quantitative estimate of drug-likeness (QED) is 0.565. The van der Waals surface area contributed by atoms with E-state index in [0.29, 0.717) is 10.8 Å². The number of anilines is 1. The molecule has 0 radical (unpaired) electrons. The highest BCUT2D eigenvalue weighted by molar-refractivity contribution is 7.98. The first kappa shape index (κ1) is 16.7. The van der Waals surface area contributed by atoms with Crippen molar-refractivity contribution in [2.24, 2.45) is 0 Å². The molecule has 0 saturated carbocycles. The van der Waals surface area contributed by atoms with Crippen molar-refractivity contribution in [2.75, 3.05) is 11.6 Å². The lowest BCUT2D eigenvalue weighted by Crippen LogP contribution is -2.15. The molecule has 0 aliphatic rings. The molecule has 0 unspecified atom stereocenters. The number of aromatic nitrogens is 5. The van der Waals surface area contributed by atoms with Gasteiger partial charge < -0.3 is 5.32 Å². The third kappa shape index (κ3) is 3.20. The number of nitrogens with zero attached hydrogens (tertiary/aromatic N) is 5. The van der Waals surface area contributed by atoms with Crippen LogP contribution in [0, 0.1) is 0 Å². The SMILES string of the molecule is CSc1ncc(Cl)c(C(=O)Nc2cnc3c(cnn3C(C)C)c2)n1. The van der Waals surface area contributed by atoms with Gasteiger partial charge in [-0.25, -0.2) is 19.6 Å². The summed E-state index contributed by atoms with van der Waals surface area (Å²) >= 11 is 7.36. The normalized spacial score (nSPS) is 11.2. The van der Waals surface area contributed by atoms with Gasteiger partial charge in [0.15, 0.2) is 16.5 Å². The van der Waals surface area contributed by atoms with E-state index in [1.807, 2.05) is 30.9 Å². The van der Waals surface area contributed by atoms with Crippen molar-refractivity contribution < 1.29 is 4.79 Å². The highest BCUT2D eigenvalue weighted by atomic mass is 35.5. The fourth-order valence-corrected chi connectivity index (χ4v) is 2.70. The smallest absolute Gasteiger partial charge is 0.276 e. The monoisotopic (exact) mass is 362 g/mol. The first-order valence-electron chi connectivity index (χ1n) is 7.20. The molecular weight excluding hydrogens is 348 g/mol. The fourth-order valence-electron chi connectivity index (χ4n) is 2.19. The summed E-state index contributed by atoms with van der Waals surface area (Å²) in [6.07, 6.45) is 6.56. The van der Waals surface area contributed by atoms with Gasteiger partial charge in [-0.15, -0.1) is 0 Å². The molecule has 24 heavy (non-hydrogen) atoms. The van der Waals surface area contributed by atoms with Gasteiger partial charge in [0.1, 0.15) is 0 Å². The second-order valence-corrected chi connectivity index (χ2v) is 6.51. The van der Waals surface area contributed by atoms with E-state index in [1.54, 1.807) is 12.4 Å². The summed E-state index contributed by atoms with van der Waals surface area (Å²) < 4.78 is 1.83. The second kappa shape index (κ2) is 6.74. The molecule has 124 valence electrons. The van der Waals surface area contributed by atoms with Gasteiger partial charge in [0, 0.05) is 11.4 Å². The number of fused-ring (bicyclic) bond motifs is 1. The minimum absolute atomic E-state index is 0.133. The zero-order valence-corrected chi connectivity index (χ0v) is 14.9. The van der Waals surface area contributed by atoms with Crippen LogP contribution < -0.4 is 5.32 Å². The molecule has 1 N–H and O–H groups in total. The largest absolute Gasteiger partial charge is 0.319 e. The average Bonchev–Trinajstić information content (AvgIpc) is 2.98. The number of pyridine rings is 1. The van der Waals surface area contributed by atoms with Gasteiger partial charge >= 0.3 is 0 Å². The Morgan fingerprint density at radius 2 is 2.08 bits per heavy atom. The Hall–Kier alpha value is -2.19. The maximum absolute atomic E-state index is 12.4. The molecule has 0 atom stereocenters. The lowest BCUT2D eigenvalue weighted by Gasteiger charge is -2.08. The minimum Gasteiger partial charge on any atom is -0.319 e. The summed E-state index contributed by atoms with van der Waals surface area (Å²) in [4.78, 5) is 25.0. The van der Waals surface area contributed by atoms with Crippen LogP contribution in [0.3, 0.4) is 0 Å². The topological polar surface area (TPSA) is 85.6 Å². The molecule has 7 nitrogen and oxygen atoms in total. The van der Waals surface area contributed by atoms with E-state index in [1.165, 1.54) is 18.0 Å². The maximum atomic E-state index is 12.4. The summed E-state index contributed by atoms with van der Waals surface area (Å²) in [7, 11) is 0. The van der Waals surface area contributed by atoms with E-state index in [-0.39, 0.29) is 16.8 Å². The number of hydrogen-bond acceptors (Lipinski definition) is 6. The van der Waals surface area contributed by atoms with Crippen molar-refractivity contribution in [3.8, 4) is 0 Å². The molecule has 0 spiro atoms. The van der Waals surface area contributed by atoms with Gasteiger partial charge in [0.05, 0.1) is 29.3 Å². The van der Waals surface area contributed by atoms with Gasteiger partial charge in [-0.3, -0.25) is 4.79 Å². The predicted octanol–water partition coefficient (Wildman–Crippen LogP) is 3.43. The van der Waals surface area contributed by atoms with Crippen LogP contribution >= 0.6 is 23.4 Å². The standard InChI is InChI=1S/C15H15ClN6OS/c1-8(2)22-13-9(5-19-22)4-10(6-17-13)20-14(23)12-11(16)7-18-15(21-12)24-3/h4-8H,1-3H3,(H,20,23). The number of carbonyl (C=O) groups excluding carboxylic acids is 1. The molecule has 3 aromatic rings. The van der Waals surface area contributed by atoms with E-state index < -0.39 is 5.91 Å². The molecule has 0 aliphatic carbocycles. The third-order valence-corrected chi connectivity index (χ3v) is 4.14. The third-order valence-electron chi connectivity index (χ3n) is 3.30. The minimum atomic E-state index is -0.407. The highest BCUT2D eigenvalue weighted by Gasteiger charge is 2.15. The first-order valence-corrected chi connectivity index (χ1v) is 8.81. The molecule has 0 saturated heterocycles. The van der Waals surface area contributed by atoms with Crippen molar-refractivity contribution >= 4 is 46.0 Å². The zero-order valence-electron chi connectivity index (χ0n) is 13.3. The van der Waals surface area contributed by atoms with Crippen molar-refractivity contribution in [3.63, 3.8) is 0 Å². The van der Waals surface area contributed by atoms with Gasteiger partial charge in [0.25, 0.3) is 5.91 Å². The van der Waals surface area contributed by atoms with Gasteiger partial charge in [-0.05, 0) is 26.2 Å². The number of amides is 1. The van der Waals surface area contributed by atoms with Crippen LogP contribution in [0.2, 0.25) is 5.02 Å². The van der Waals surface area contributed by atoms with Gasteiger partial charge in [-0.2, -0.15) is 5.10 Å². The fraction of sp³-hybridized carbons (Fsp3) is 0.267. The average molecular weight is 363 g/mol. The highest BCUT2D eigenvalue weighted by Crippen LogP contribution is 2.21.